The zero-order valence-electron chi connectivity index (χ0n) is 40.4. The number of carbonyl (C=O) groups is 3. The SMILES string of the molecule is CCCCCCCCCCCCCCCCCCCC(=O)O[C@@H](COC(=O)CCCCCCCCCCCCCCC(C)C)COC(=O)CCCCCCCCC(C)C. The van der Waals surface area contributed by atoms with Gasteiger partial charge in [0.25, 0.3) is 0 Å². The number of esters is 3. The highest BCUT2D eigenvalue weighted by Gasteiger charge is 2.19. The van der Waals surface area contributed by atoms with Crippen LogP contribution in [0.25, 0.3) is 0 Å². The quantitative estimate of drug-likeness (QED) is 0.0345. The van der Waals surface area contributed by atoms with Crippen molar-refractivity contribution in [3.63, 3.8) is 0 Å². The topological polar surface area (TPSA) is 78.9 Å². The molecule has 1 atom stereocenters. The summed E-state index contributed by atoms with van der Waals surface area (Å²) in [4.78, 5) is 37.9. The third-order valence-corrected chi connectivity index (χ3v) is 12.0. The van der Waals surface area contributed by atoms with Crippen molar-refractivity contribution >= 4 is 17.9 Å². The van der Waals surface area contributed by atoms with Crippen LogP contribution in [0.1, 0.15) is 291 Å². The van der Waals surface area contributed by atoms with Crippen LogP contribution in [-0.2, 0) is 28.6 Å². The minimum absolute atomic E-state index is 0.0645. The monoisotopic (exact) mass is 835 g/mol. The molecule has 0 rings (SSSR count). The molecule has 0 aliphatic heterocycles. The Bertz CT molecular complexity index is 900. The zero-order valence-corrected chi connectivity index (χ0v) is 40.4. The van der Waals surface area contributed by atoms with Crippen molar-refractivity contribution in [3.05, 3.63) is 0 Å². The Labute approximate surface area is 368 Å². The van der Waals surface area contributed by atoms with Gasteiger partial charge in [0.1, 0.15) is 13.2 Å². The van der Waals surface area contributed by atoms with E-state index in [-0.39, 0.29) is 31.1 Å². The van der Waals surface area contributed by atoms with Gasteiger partial charge in [-0.15, -0.1) is 0 Å². The van der Waals surface area contributed by atoms with Crippen molar-refractivity contribution in [2.75, 3.05) is 13.2 Å². The normalized spacial score (nSPS) is 12.1. The molecule has 0 saturated heterocycles. The molecule has 350 valence electrons. The van der Waals surface area contributed by atoms with Crippen LogP contribution in [0.3, 0.4) is 0 Å². The van der Waals surface area contributed by atoms with Gasteiger partial charge in [-0.2, -0.15) is 0 Å². The van der Waals surface area contributed by atoms with Gasteiger partial charge in [0.2, 0.25) is 0 Å². The standard InChI is InChI=1S/C53H102O6/c1-6-7-8-9-10-11-12-13-14-15-16-17-22-25-28-35-40-45-53(56)59-50(47-58-52(55)44-39-34-30-29-32-37-42-49(4)5)46-57-51(54)43-38-33-27-24-21-19-18-20-23-26-31-36-41-48(2)3/h48-50H,6-47H2,1-5H3/t50-/m0/s1. The highest BCUT2D eigenvalue weighted by molar-refractivity contribution is 5.71. The minimum Gasteiger partial charge on any atom is -0.462 e. The fourth-order valence-corrected chi connectivity index (χ4v) is 7.99. The molecule has 0 fully saturated rings. The molecule has 0 aromatic carbocycles. The van der Waals surface area contributed by atoms with Gasteiger partial charge in [0, 0.05) is 19.3 Å². The lowest BCUT2D eigenvalue weighted by Gasteiger charge is -2.18. The lowest BCUT2D eigenvalue weighted by molar-refractivity contribution is -0.167. The number of rotatable bonds is 47. The van der Waals surface area contributed by atoms with Crippen molar-refractivity contribution in [1.82, 2.24) is 0 Å². The van der Waals surface area contributed by atoms with Gasteiger partial charge in [-0.3, -0.25) is 14.4 Å². The third-order valence-electron chi connectivity index (χ3n) is 12.0. The van der Waals surface area contributed by atoms with E-state index < -0.39 is 6.10 Å². The van der Waals surface area contributed by atoms with Crippen LogP contribution in [0.5, 0.6) is 0 Å². The van der Waals surface area contributed by atoms with Crippen LogP contribution in [0.15, 0.2) is 0 Å². The molecule has 6 heteroatoms. The first-order chi connectivity index (χ1) is 28.7. The van der Waals surface area contributed by atoms with Gasteiger partial charge < -0.3 is 14.2 Å². The Balaban J connectivity index is 4.26. The van der Waals surface area contributed by atoms with E-state index in [1.165, 1.54) is 180 Å². The maximum absolute atomic E-state index is 12.8. The van der Waals surface area contributed by atoms with Gasteiger partial charge >= 0.3 is 17.9 Å². The third kappa shape index (κ3) is 47.3. The molecule has 0 N–H and O–H groups in total. The van der Waals surface area contributed by atoms with Crippen LogP contribution in [0.2, 0.25) is 0 Å². The van der Waals surface area contributed by atoms with E-state index in [1.807, 2.05) is 0 Å². The summed E-state index contributed by atoms with van der Waals surface area (Å²) < 4.78 is 16.8. The van der Waals surface area contributed by atoms with Gasteiger partial charge in [0.15, 0.2) is 6.10 Å². The second-order valence-corrected chi connectivity index (χ2v) is 19.1. The molecular weight excluding hydrogens is 733 g/mol. The second-order valence-electron chi connectivity index (χ2n) is 19.1. The van der Waals surface area contributed by atoms with Gasteiger partial charge in [-0.25, -0.2) is 0 Å². The summed E-state index contributed by atoms with van der Waals surface area (Å²) in [7, 11) is 0. The van der Waals surface area contributed by atoms with Crippen LogP contribution in [0.4, 0.5) is 0 Å². The molecule has 0 heterocycles. The van der Waals surface area contributed by atoms with Crippen molar-refractivity contribution in [3.8, 4) is 0 Å². The Morgan fingerprint density at radius 2 is 0.559 bits per heavy atom. The molecule has 0 bridgehead atoms. The molecular formula is C53H102O6. The van der Waals surface area contributed by atoms with Crippen LogP contribution in [0, 0.1) is 11.8 Å². The Kier molecular flexibility index (Phi) is 44.7. The van der Waals surface area contributed by atoms with E-state index >= 15 is 0 Å². The van der Waals surface area contributed by atoms with Crippen LogP contribution >= 0.6 is 0 Å². The molecule has 6 nitrogen and oxygen atoms in total. The summed E-state index contributed by atoms with van der Waals surface area (Å²) in [6, 6.07) is 0. The van der Waals surface area contributed by atoms with E-state index in [4.69, 9.17) is 14.2 Å². The van der Waals surface area contributed by atoms with Crippen molar-refractivity contribution in [2.45, 2.75) is 298 Å². The van der Waals surface area contributed by atoms with Crippen LogP contribution in [-0.4, -0.2) is 37.2 Å². The fraction of sp³-hybridized carbons (Fsp3) is 0.943. The second kappa shape index (κ2) is 45.9. The molecule has 0 aliphatic rings. The molecule has 59 heavy (non-hydrogen) atoms. The zero-order chi connectivity index (χ0) is 43.3. The van der Waals surface area contributed by atoms with E-state index in [2.05, 4.69) is 34.6 Å². The maximum atomic E-state index is 12.8. The van der Waals surface area contributed by atoms with Crippen molar-refractivity contribution in [1.29, 1.82) is 0 Å². The molecule has 0 aromatic heterocycles. The summed E-state index contributed by atoms with van der Waals surface area (Å²) >= 11 is 0. The molecule has 0 unspecified atom stereocenters. The Morgan fingerprint density at radius 3 is 0.831 bits per heavy atom. The van der Waals surface area contributed by atoms with Crippen molar-refractivity contribution < 1.29 is 28.6 Å². The number of hydrogen-bond acceptors (Lipinski definition) is 6. The summed E-state index contributed by atoms with van der Waals surface area (Å²) in [5.41, 5.74) is 0. The number of ether oxygens (including phenoxy) is 3. The van der Waals surface area contributed by atoms with E-state index in [0.717, 1.165) is 69.6 Å². The lowest BCUT2D eigenvalue weighted by Crippen LogP contribution is -2.30. The Morgan fingerprint density at radius 1 is 0.322 bits per heavy atom. The number of hydrogen-bond donors (Lipinski definition) is 0. The fourth-order valence-electron chi connectivity index (χ4n) is 7.99. The summed E-state index contributed by atoms with van der Waals surface area (Å²) in [6.45, 7) is 11.3. The summed E-state index contributed by atoms with van der Waals surface area (Å²) in [5, 5.41) is 0. The summed E-state index contributed by atoms with van der Waals surface area (Å²) in [6.07, 6.45) is 46.8. The van der Waals surface area contributed by atoms with E-state index in [9.17, 15) is 14.4 Å². The highest BCUT2D eigenvalue weighted by Crippen LogP contribution is 2.17. The van der Waals surface area contributed by atoms with Crippen molar-refractivity contribution in [2.24, 2.45) is 11.8 Å². The van der Waals surface area contributed by atoms with Gasteiger partial charge in [-0.1, -0.05) is 253 Å². The lowest BCUT2D eigenvalue weighted by atomic mass is 10.0. The molecule has 0 aromatic rings. The molecule has 0 amide bonds. The predicted molar refractivity (Wildman–Crippen MR) is 252 cm³/mol. The smallest absolute Gasteiger partial charge is 0.306 e. The molecule has 0 aliphatic carbocycles. The first-order valence-electron chi connectivity index (χ1n) is 26.2. The first-order valence-corrected chi connectivity index (χ1v) is 26.2. The Hall–Kier alpha value is -1.59. The van der Waals surface area contributed by atoms with E-state index in [0.29, 0.717) is 19.3 Å². The predicted octanol–water partition coefficient (Wildman–Crippen LogP) is 16.9. The van der Waals surface area contributed by atoms with E-state index in [1.54, 1.807) is 0 Å². The van der Waals surface area contributed by atoms with Gasteiger partial charge in [0.05, 0.1) is 0 Å². The molecule has 0 spiro atoms. The average molecular weight is 835 g/mol. The summed E-state index contributed by atoms with van der Waals surface area (Å²) in [5.74, 6) is 0.745. The number of carbonyl (C=O) groups excluding carboxylic acids is 3. The minimum atomic E-state index is -0.762. The first kappa shape index (κ1) is 57.4. The highest BCUT2D eigenvalue weighted by atomic mass is 16.6. The molecule has 0 radical (unpaired) electrons. The maximum Gasteiger partial charge on any atom is 0.306 e. The largest absolute Gasteiger partial charge is 0.462 e. The molecule has 0 saturated carbocycles. The van der Waals surface area contributed by atoms with Gasteiger partial charge in [-0.05, 0) is 31.1 Å². The van der Waals surface area contributed by atoms with Crippen LogP contribution < -0.4 is 0 Å². The number of unbranched alkanes of at least 4 members (excludes halogenated alkanes) is 32. The average Bonchev–Trinajstić information content (AvgIpc) is 3.20.